The molecule has 29 heavy (non-hydrogen) atoms. The summed E-state index contributed by atoms with van der Waals surface area (Å²) in [5.74, 6) is 0.227. The maximum atomic E-state index is 10.9. The first-order valence-electron chi connectivity index (χ1n) is 10.8. The van der Waals surface area contributed by atoms with Crippen molar-refractivity contribution in [3.63, 3.8) is 0 Å². The van der Waals surface area contributed by atoms with Gasteiger partial charge in [-0.2, -0.15) is 0 Å². The van der Waals surface area contributed by atoms with Crippen molar-refractivity contribution in [3.05, 3.63) is 63.7 Å². The zero-order chi connectivity index (χ0) is 20.6. The van der Waals surface area contributed by atoms with Crippen molar-refractivity contribution in [1.82, 2.24) is 5.32 Å². The first-order valence-corrected chi connectivity index (χ1v) is 10.8. The number of aromatic hydroxyl groups is 1. The number of phenolic OH excluding ortho intramolecular Hbond substituents is 1. The molecule has 0 saturated carbocycles. The van der Waals surface area contributed by atoms with E-state index in [1.54, 1.807) is 6.07 Å². The van der Waals surface area contributed by atoms with Crippen LogP contribution in [-0.4, -0.2) is 28.8 Å². The quantitative estimate of drug-likeness (QED) is 0.558. The van der Waals surface area contributed by atoms with Gasteiger partial charge in [-0.05, 0) is 66.5 Å². The number of benzene rings is 2. The van der Waals surface area contributed by atoms with Gasteiger partial charge in [-0.1, -0.05) is 44.2 Å². The molecule has 2 aromatic carbocycles. The van der Waals surface area contributed by atoms with Crippen LogP contribution in [0.25, 0.3) is 6.08 Å². The molecule has 1 aliphatic heterocycles. The van der Waals surface area contributed by atoms with Gasteiger partial charge in [0, 0.05) is 24.2 Å². The van der Waals surface area contributed by atoms with Crippen LogP contribution in [0, 0.1) is 0 Å². The molecular weight excluding hydrogens is 360 g/mol. The van der Waals surface area contributed by atoms with Crippen molar-refractivity contribution in [1.29, 1.82) is 0 Å². The second-order valence-electron chi connectivity index (χ2n) is 8.65. The van der Waals surface area contributed by atoms with Crippen LogP contribution < -0.4 is 10.6 Å². The van der Waals surface area contributed by atoms with Crippen LogP contribution in [0.5, 0.6) is 5.75 Å². The van der Waals surface area contributed by atoms with E-state index in [4.69, 9.17) is 0 Å². The largest absolute Gasteiger partial charge is 0.506 e. The second kappa shape index (κ2) is 7.85. The topological polar surface area (TPSA) is 64.5 Å². The van der Waals surface area contributed by atoms with Gasteiger partial charge in [0.15, 0.2) is 0 Å². The van der Waals surface area contributed by atoms with Gasteiger partial charge in [-0.15, -0.1) is 0 Å². The van der Waals surface area contributed by atoms with Crippen LogP contribution >= 0.6 is 0 Å². The molecule has 1 heterocycles. The maximum absolute atomic E-state index is 10.9. The van der Waals surface area contributed by atoms with Crippen LogP contribution in [0.4, 0.5) is 5.69 Å². The zero-order valence-electron chi connectivity index (χ0n) is 17.7. The number of anilines is 1. The molecule has 1 atom stereocenters. The first kappa shape index (κ1) is 20.0. The third-order valence-corrected chi connectivity index (χ3v) is 6.46. The molecule has 4 N–H and O–H groups in total. The molecule has 0 saturated heterocycles. The molecule has 0 radical (unpaired) electrons. The monoisotopic (exact) mass is 392 g/mol. The molecule has 0 bridgehead atoms. The van der Waals surface area contributed by atoms with Crippen molar-refractivity contribution in [2.45, 2.75) is 58.1 Å². The standard InChI is InChI=1S/C25H32N2O2/c1-4-16-11-18-13-25(3,14-19(18)12-17(16)5-2)27-15-23(29)20-8-9-22(28)24-21(20)7-6-10-26-24/h6-9,11-12,23,26-29H,4-5,10,13-15H2,1-3H3/t23-/m0/s1. The fourth-order valence-corrected chi connectivity index (χ4v) is 4.88. The summed E-state index contributed by atoms with van der Waals surface area (Å²) < 4.78 is 0. The van der Waals surface area contributed by atoms with E-state index in [1.165, 1.54) is 22.3 Å². The van der Waals surface area contributed by atoms with Crippen molar-refractivity contribution in [2.75, 3.05) is 18.4 Å². The van der Waals surface area contributed by atoms with E-state index in [-0.39, 0.29) is 11.3 Å². The molecule has 0 aromatic heterocycles. The number of aliphatic hydroxyl groups excluding tert-OH is 1. The SMILES string of the molecule is CCc1cc2c(cc1CC)CC(C)(NC[C@H](O)c1ccc(O)c3c1C=CCN3)C2. The van der Waals surface area contributed by atoms with Crippen molar-refractivity contribution in [2.24, 2.45) is 0 Å². The minimum atomic E-state index is -0.633. The average molecular weight is 393 g/mol. The summed E-state index contributed by atoms with van der Waals surface area (Å²) in [5.41, 5.74) is 8.19. The summed E-state index contributed by atoms with van der Waals surface area (Å²) >= 11 is 0. The minimum Gasteiger partial charge on any atom is -0.506 e. The second-order valence-corrected chi connectivity index (χ2v) is 8.65. The van der Waals surface area contributed by atoms with Gasteiger partial charge < -0.3 is 20.8 Å². The van der Waals surface area contributed by atoms with E-state index in [1.807, 2.05) is 18.2 Å². The Bertz CT molecular complexity index is 915. The number of hydrogen-bond acceptors (Lipinski definition) is 4. The third kappa shape index (κ3) is 3.79. The fourth-order valence-electron chi connectivity index (χ4n) is 4.88. The van der Waals surface area contributed by atoms with Gasteiger partial charge in [-0.25, -0.2) is 0 Å². The Morgan fingerprint density at radius 3 is 2.38 bits per heavy atom. The molecule has 4 heteroatoms. The van der Waals surface area contributed by atoms with Gasteiger partial charge in [-0.3, -0.25) is 0 Å². The Kier molecular flexibility index (Phi) is 5.41. The Morgan fingerprint density at radius 2 is 1.76 bits per heavy atom. The summed E-state index contributed by atoms with van der Waals surface area (Å²) in [6.07, 6.45) is 7.49. The molecule has 0 spiro atoms. The van der Waals surface area contributed by atoms with E-state index in [2.05, 4.69) is 43.5 Å². The maximum Gasteiger partial charge on any atom is 0.139 e. The van der Waals surface area contributed by atoms with Crippen molar-refractivity contribution < 1.29 is 10.2 Å². The predicted octanol–water partition coefficient (Wildman–Crippen LogP) is 4.14. The van der Waals surface area contributed by atoms with E-state index in [0.717, 1.165) is 36.8 Å². The van der Waals surface area contributed by atoms with Crippen LogP contribution in [0.15, 0.2) is 30.3 Å². The molecule has 0 amide bonds. The number of fused-ring (bicyclic) bond motifs is 2. The predicted molar refractivity (Wildman–Crippen MR) is 120 cm³/mol. The molecule has 4 nitrogen and oxygen atoms in total. The lowest BCUT2D eigenvalue weighted by Crippen LogP contribution is -2.45. The summed E-state index contributed by atoms with van der Waals surface area (Å²) in [6, 6.07) is 8.27. The Morgan fingerprint density at radius 1 is 1.10 bits per heavy atom. The molecule has 154 valence electrons. The smallest absolute Gasteiger partial charge is 0.139 e. The Balaban J connectivity index is 1.49. The lowest BCUT2D eigenvalue weighted by molar-refractivity contribution is 0.159. The average Bonchev–Trinajstić information content (AvgIpc) is 3.06. The minimum absolute atomic E-state index is 0.0498. The molecule has 1 aliphatic carbocycles. The summed E-state index contributed by atoms with van der Waals surface area (Å²) in [6.45, 7) is 7.88. The first-order chi connectivity index (χ1) is 13.9. The van der Waals surface area contributed by atoms with E-state index < -0.39 is 6.10 Å². The molecule has 0 fully saturated rings. The van der Waals surface area contributed by atoms with Crippen LogP contribution in [0.1, 0.15) is 60.3 Å². The summed E-state index contributed by atoms with van der Waals surface area (Å²) in [7, 11) is 0. The van der Waals surface area contributed by atoms with Gasteiger partial charge in [0.1, 0.15) is 5.75 Å². The van der Waals surface area contributed by atoms with Gasteiger partial charge in [0.2, 0.25) is 0 Å². The van der Waals surface area contributed by atoms with Crippen molar-refractivity contribution in [3.8, 4) is 5.75 Å². The number of phenols is 1. The summed E-state index contributed by atoms with van der Waals surface area (Å²) in [4.78, 5) is 0. The molecular formula is C25H32N2O2. The highest BCUT2D eigenvalue weighted by molar-refractivity contribution is 5.77. The molecule has 4 rings (SSSR count). The highest BCUT2D eigenvalue weighted by Gasteiger charge is 2.33. The zero-order valence-corrected chi connectivity index (χ0v) is 17.7. The number of β-amino-alcohol motifs (C(OH)–C–C–N with tert-alkyl or cyclic N) is 1. The molecule has 0 unspecified atom stereocenters. The number of rotatable bonds is 6. The van der Waals surface area contributed by atoms with Gasteiger partial charge >= 0.3 is 0 Å². The van der Waals surface area contributed by atoms with Gasteiger partial charge in [0.05, 0.1) is 11.8 Å². The number of aryl methyl sites for hydroxylation is 2. The lowest BCUT2D eigenvalue weighted by Gasteiger charge is -2.28. The normalized spacial score (nSPS) is 17.5. The van der Waals surface area contributed by atoms with Crippen LogP contribution in [0.3, 0.4) is 0 Å². The number of aliphatic hydroxyl groups is 1. The molecule has 2 aromatic rings. The van der Waals surface area contributed by atoms with Crippen LogP contribution in [-0.2, 0) is 25.7 Å². The van der Waals surface area contributed by atoms with Gasteiger partial charge in [0.25, 0.3) is 0 Å². The van der Waals surface area contributed by atoms with E-state index >= 15 is 0 Å². The molecule has 2 aliphatic rings. The van der Waals surface area contributed by atoms with Crippen molar-refractivity contribution >= 4 is 11.8 Å². The highest BCUT2D eigenvalue weighted by atomic mass is 16.3. The Hall–Kier alpha value is -2.30. The van der Waals surface area contributed by atoms with Crippen LogP contribution in [0.2, 0.25) is 0 Å². The van der Waals surface area contributed by atoms with E-state index in [0.29, 0.717) is 18.8 Å². The number of nitrogens with one attached hydrogen (secondary N) is 2. The Labute approximate surface area is 173 Å². The lowest BCUT2D eigenvalue weighted by atomic mass is 9.95. The fraction of sp³-hybridized carbons (Fsp3) is 0.440. The summed E-state index contributed by atoms with van der Waals surface area (Å²) in [5, 5.41) is 27.9. The third-order valence-electron chi connectivity index (χ3n) is 6.46. The van der Waals surface area contributed by atoms with E-state index in [9.17, 15) is 10.2 Å². The number of hydrogen-bond donors (Lipinski definition) is 4. The highest BCUT2D eigenvalue weighted by Crippen LogP contribution is 2.37.